The third-order valence-corrected chi connectivity index (χ3v) is 5.17. The van der Waals surface area contributed by atoms with Crippen LogP contribution < -0.4 is 0 Å². The van der Waals surface area contributed by atoms with Crippen LogP contribution in [0.2, 0.25) is 0 Å². The van der Waals surface area contributed by atoms with Gasteiger partial charge in [0.2, 0.25) is 0 Å². The Hall–Kier alpha value is -1.35. The van der Waals surface area contributed by atoms with Crippen LogP contribution in [0.4, 0.5) is 0 Å². The normalized spacial score (nSPS) is 18.7. The monoisotopic (exact) mass is 360 g/mol. The molecule has 1 aliphatic rings. The van der Waals surface area contributed by atoms with E-state index in [9.17, 15) is 4.79 Å². The molecule has 0 saturated carbocycles. The van der Waals surface area contributed by atoms with Crippen molar-refractivity contribution in [1.29, 1.82) is 0 Å². The lowest BCUT2D eigenvalue weighted by molar-refractivity contribution is 0.0493. The van der Waals surface area contributed by atoms with Gasteiger partial charge in [-0.05, 0) is 18.6 Å². The topological polar surface area (TPSA) is 38.8 Å². The summed E-state index contributed by atoms with van der Waals surface area (Å²) in [7, 11) is 0. The van der Waals surface area contributed by atoms with Gasteiger partial charge in [-0.2, -0.15) is 0 Å². The van der Waals surface area contributed by atoms with Crippen LogP contribution in [0.1, 0.15) is 94.3 Å². The molecule has 1 aromatic carbocycles. The summed E-state index contributed by atoms with van der Waals surface area (Å²) in [6.45, 7) is 2.72. The molecule has 0 radical (unpaired) electrons. The van der Waals surface area contributed by atoms with Gasteiger partial charge in [0.15, 0.2) is 0 Å². The molecular formula is C23H36O3. The van der Waals surface area contributed by atoms with E-state index in [1.54, 1.807) is 12.1 Å². The van der Waals surface area contributed by atoms with Crippen LogP contribution in [0.3, 0.4) is 0 Å². The molecule has 146 valence electrons. The van der Waals surface area contributed by atoms with Crippen molar-refractivity contribution in [3.63, 3.8) is 0 Å². The number of esters is 1. The number of ether oxygens (including phenoxy) is 2. The van der Waals surface area contributed by atoms with E-state index in [1.165, 1.54) is 64.2 Å². The quantitative estimate of drug-likeness (QED) is 0.209. The minimum atomic E-state index is -0.238. The molecule has 0 spiro atoms. The molecule has 0 amide bonds. The van der Waals surface area contributed by atoms with Crippen LogP contribution >= 0.6 is 0 Å². The summed E-state index contributed by atoms with van der Waals surface area (Å²) in [5, 5.41) is 0. The molecule has 0 bridgehead atoms. The van der Waals surface area contributed by atoms with Crippen LogP contribution in [0.25, 0.3) is 0 Å². The molecule has 1 aliphatic heterocycles. The maximum Gasteiger partial charge on any atom is 0.338 e. The van der Waals surface area contributed by atoms with Gasteiger partial charge < -0.3 is 9.47 Å². The van der Waals surface area contributed by atoms with Gasteiger partial charge >= 0.3 is 5.97 Å². The SMILES string of the molecule is CCCCCCCCCCCCC1OC1CCOC(=O)c1ccccc1. The van der Waals surface area contributed by atoms with Gasteiger partial charge in [-0.1, -0.05) is 89.3 Å². The fourth-order valence-corrected chi connectivity index (χ4v) is 3.45. The number of carbonyl (C=O) groups is 1. The van der Waals surface area contributed by atoms with Crippen molar-refractivity contribution in [2.45, 2.75) is 96.2 Å². The first-order valence-corrected chi connectivity index (χ1v) is 10.7. The predicted molar refractivity (Wildman–Crippen MR) is 106 cm³/mol. The van der Waals surface area contributed by atoms with Crippen molar-refractivity contribution >= 4 is 5.97 Å². The summed E-state index contributed by atoms with van der Waals surface area (Å²) in [4.78, 5) is 11.8. The molecule has 1 saturated heterocycles. The van der Waals surface area contributed by atoms with E-state index in [0.717, 1.165) is 12.8 Å². The maximum absolute atomic E-state index is 11.8. The van der Waals surface area contributed by atoms with Crippen molar-refractivity contribution in [1.82, 2.24) is 0 Å². The zero-order valence-corrected chi connectivity index (χ0v) is 16.5. The molecule has 0 aliphatic carbocycles. The summed E-state index contributed by atoms with van der Waals surface area (Å²) < 4.78 is 11.0. The second-order valence-electron chi connectivity index (χ2n) is 7.47. The summed E-state index contributed by atoms with van der Waals surface area (Å²) in [6.07, 6.45) is 16.4. The molecule has 1 fully saturated rings. The van der Waals surface area contributed by atoms with Crippen molar-refractivity contribution in [3.8, 4) is 0 Å². The van der Waals surface area contributed by atoms with Gasteiger partial charge in [-0.25, -0.2) is 4.79 Å². The Morgan fingerprint density at radius 1 is 0.846 bits per heavy atom. The van der Waals surface area contributed by atoms with Crippen molar-refractivity contribution < 1.29 is 14.3 Å². The Kier molecular flexibility index (Phi) is 10.4. The molecule has 3 heteroatoms. The minimum Gasteiger partial charge on any atom is -0.462 e. The Morgan fingerprint density at radius 3 is 2.08 bits per heavy atom. The number of hydrogen-bond acceptors (Lipinski definition) is 3. The summed E-state index contributed by atoms with van der Waals surface area (Å²) >= 11 is 0. The summed E-state index contributed by atoms with van der Waals surface area (Å²) in [5.41, 5.74) is 0.617. The highest BCUT2D eigenvalue weighted by atomic mass is 16.6. The molecule has 26 heavy (non-hydrogen) atoms. The summed E-state index contributed by atoms with van der Waals surface area (Å²) in [6, 6.07) is 9.16. The highest BCUT2D eigenvalue weighted by Crippen LogP contribution is 2.30. The van der Waals surface area contributed by atoms with E-state index in [-0.39, 0.29) is 5.97 Å². The first-order chi connectivity index (χ1) is 12.8. The first-order valence-electron chi connectivity index (χ1n) is 10.7. The number of epoxide rings is 1. The van der Waals surface area contributed by atoms with Gasteiger partial charge in [0.05, 0.1) is 24.4 Å². The molecule has 2 unspecified atom stereocenters. The zero-order chi connectivity index (χ0) is 18.5. The van der Waals surface area contributed by atoms with Crippen LogP contribution in [0, 0.1) is 0 Å². The lowest BCUT2D eigenvalue weighted by Crippen LogP contribution is -2.08. The average molecular weight is 361 g/mol. The second kappa shape index (κ2) is 12.9. The Labute approximate surface area is 159 Å². The first kappa shape index (κ1) is 21.0. The molecule has 1 aromatic rings. The number of rotatable bonds is 15. The van der Waals surface area contributed by atoms with E-state index in [4.69, 9.17) is 9.47 Å². The van der Waals surface area contributed by atoms with Crippen LogP contribution in [-0.4, -0.2) is 24.8 Å². The molecular weight excluding hydrogens is 324 g/mol. The molecule has 2 atom stereocenters. The maximum atomic E-state index is 11.8. The Balaban J connectivity index is 1.37. The van der Waals surface area contributed by atoms with Gasteiger partial charge in [0.1, 0.15) is 0 Å². The highest BCUT2D eigenvalue weighted by Gasteiger charge is 2.37. The Bertz CT molecular complexity index is 485. The molecule has 0 aromatic heterocycles. The molecule has 0 N–H and O–H groups in total. The van der Waals surface area contributed by atoms with Crippen LogP contribution in [-0.2, 0) is 9.47 Å². The molecule has 1 heterocycles. The lowest BCUT2D eigenvalue weighted by atomic mass is 10.0. The largest absolute Gasteiger partial charge is 0.462 e. The van der Waals surface area contributed by atoms with Gasteiger partial charge in [-0.3, -0.25) is 0 Å². The number of unbranched alkanes of at least 4 members (excludes halogenated alkanes) is 9. The molecule has 2 rings (SSSR count). The standard InChI is InChI=1S/C23H36O3/c1-2-3-4-5-6-7-8-9-10-14-17-21-22(26-21)18-19-25-23(24)20-15-12-11-13-16-20/h11-13,15-16,21-22H,2-10,14,17-19H2,1H3. The number of hydrogen-bond donors (Lipinski definition) is 0. The highest BCUT2D eigenvalue weighted by molar-refractivity contribution is 5.89. The number of benzene rings is 1. The third kappa shape index (κ3) is 8.84. The number of carbonyl (C=O) groups excluding carboxylic acids is 1. The molecule has 3 nitrogen and oxygen atoms in total. The average Bonchev–Trinajstić information content (AvgIpc) is 3.42. The van der Waals surface area contributed by atoms with E-state index < -0.39 is 0 Å². The van der Waals surface area contributed by atoms with Crippen molar-refractivity contribution in [3.05, 3.63) is 35.9 Å². The fourth-order valence-electron chi connectivity index (χ4n) is 3.45. The Morgan fingerprint density at radius 2 is 1.42 bits per heavy atom. The van der Waals surface area contributed by atoms with Gasteiger partial charge in [-0.15, -0.1) is 0 Å². The van der Waals surface area contributed by atoms with Gasteiger partial charge in [0, 0.05) is 6.42 Å². The smallest absolute Gasteiger partial charge is 0.338 e. The predicted octanol–water partition coefficient (Wildman–Crippen LogP) is 6.31. The van der Waals surface area contributed by atoms with E-state index in [2.05, 4.69) is 6.92 Å². The summed E-state index contributed by atoms with van der Waals surface area (Å²) in [5.74, 6) is -0.238. The van der Waals surface area contributed by atoms with E-state index >= 15 is 0 Å². The zero-order valence-electron chi connectivity index (χ0n) is 16.5. The van der Waals surface area contributed by atoms with Crippen molar-refractivity contribution in [2.75, 3.05) is 6.61 Å². The van der Waals surface area contributed by atoms with Crippen LogP contribution in [0.15, 0.2) is 30.3 Å². The second-order valence-corrected chi connectivity index (χ2v) is 7.47. The third-order valence-electron chi connectivity index (χ3n) is 5.17. The van der Waals surface area contributed by atoms with Crippen LogP contribution in [0.5, 0.6) is 0 Å². The van der Waals surface area contributed by atoms with E-state index in [1.807, 2.05) is 18.2 Å². The fraction of sp³-hybridized carbons (Fsp3) is 0.696. The van der Waals surface area contributed by atoms with Crippen molar-refractivity contribution in [2.24, 2.45) is 0 Å². The minimum absolute atomic E-state index is 0.238. The van der Waals surface area contributed by atoms with Gasteiger partial charge in [0.25, 0.3) is 0 Å². The lowest BCUT2D eigenvalue weighted by Gasteiger charge is -2.03. The van der Waals surface area contributed by atoms with E-state index in [0.29, 0.717) is 24.4 Å².